The quantitative estimate of drug-likeness (QED) is 0.605. The van der Waals surface area contributed by atoms with Crippen LogP contribution in [0.4, 0.5) is 0 Å². The molecule has 0 saturated carbocycles. The van der Waals surface area contributed by atoms with Gasteiger partial charge in [0.25, 0.3) is 0 Å². The zero-order valence-electron chi connectivity index (χ0n) is 9.02. The Labute approximate surface area is 81.2 Å². The largest absolute Gasteiger partial charge is 0.294 e. The van der Waals surface area contributed by atoms with E-state index in [1.165, 1.54) is 24.8 Å². The third-order valence-corrected chi connectivity index (χ3v) is 2.90. The molecule has 0 aliphatic heterocycles. The van der Waals surface area contributed by atoms with E-state index in [1.54, 1.807) is 0 Å². The summed E-state index contributed by atoms with van der Waals surface area (Å²) in [5.41, 5.74) is 2.48. The molecule has 0 aromatic rings. The van der Waals surface area contributed by atoms with Crippen LogP contribution in [0, 0.1) is 5.92 Å². The smallest absolute Gasteiger partial charge is 0.161 e. The Kier molecular flexibility index (Phi) is 3.71. The van der Waals surface area contributed by atoms with E-state index < -0.39 is 0 Å². The van der Waals surface area contributed by atoms with Crippen molar-refractivity contribution in [2.75, 3.05) is 0 Å². The lowest BCUT2D eigenvalue weighted by Crippen LogP contribution is -2.05. The zero-order chi connectivity index (χ0) is 9.84. The van der Waals surface area contributed by atoms with Gasteiger partial charge in [0.2, 0.25) is 0 Å². The molecule has 0 aromatic carbocycles. The summed E-state index contributed by atoms with van der Waals surface area (Å²) in [5, 5.41) is 0. The number of unbranched alkanes of at least 4 members (excludes halogenated alkanes) is 2. The second-order valence-corrected chi connectivity index (χ2v) is 4.19. The van der Waals surface area contributed by atoms with Gasteiger partial charge >= 0.3 is 0 Å². The van der Waals surface area contributed by atoms with E-state index in [4.69, 9.17) is 0 Å². The first-order valence-electron chi connectivity index (χ1n) is 5.39. The molecule has 1 atom stereocenters. The summed E-state index contributed by atoms with van der Waals surface area (Å²) >= 11 is 0. The molecule has 0 fully saturated rings. The summed E-state index contributed by atoms with van der Waals surface area (Å²) in [6.45, 7) is 6.35. The third kappa shape index (κ3) is 2.43. The van der Waals surface area contributed by atoms with Gasteiger partial charge in [-0.3, -0.25) is 4.79 Å². The van der Waals surface area contributed by atoms with Gasteiger partial charge in [-0.2, -0.15) is 0 Å². The van der Waals surface area contributed by atoms with Crippen molar-refractivity contribution in [3.63, 3.8) is 0 Å². The Bertz CT molecular complexity index is 225. The Morgan fingerprint density at radius 3 is 2.54 bits per heavy atom. The lowest BCUT2D eigenvalue weighted by molar-refractivity contribution is -0.118. The van der Waals surface area contributed by atoms with Crippen molar-refractivity contribution in [1.29, 1.82) is 0 Å². The van der Waals surface area contributed by atoms with Crippen LogP contribution in [-0.2, 0) is 4.79 Å². The molecule has 0 radical (unpaired) electrons. The number of rotatable bonds is 4. The molecule has 0 amide bonds. The molecule has 1 nitrogen and oxygen atoms in total. The minimum absolute atomic E-state index is 0.261. The van der Waals surface area contributed by atoms with Crippen LogP contribution in [-0.4, -0.2) is 5.78 Å². The molecule has 1 rings (SSSR count). The van der Waals surface area contributed by atoms with Gasteiger partial charge in [-0.25, -0.2) is 0 Å². The number of allylic oxidation sites excluding steroid dienone is 2. The van der Waals surface area contributed by atoms with Crippen molar-refractivity contribution in [3.8, 4) is 0 Å². The Hall–Kier alpha value is -0.590. The first-order valence-corrected chi connectivity index (χ1v) is 5.39. The maximum Gasteiger partial charge on any atom is 0.161 e. The lowest BCUT2D eigenvalue weighted by Gasteiger charge is -2.02. The minimum Gasteiger partial charge on any atom is -0.294 e. The van der Waals surface area contributed by atoms with Crippen LogP contribution < -0.4 is 0 Å². The molecule has 0 aromatic heterocycles. The maximum atomic E-state index is 11.7. The second kappa shape index (κ2) is 4.59. The fourth-order valence-corrected chi connectivity index (χ4v) is 2.07. The number of hydrogen-bond acceptors (Lipinski definition) is 1. The number of ketones is 1. The van der Waals surface area contributed by atoms with Crippen LogP contribution >= 0.6 is 0 Å². The summed E-state index contributed by atoms with van der Waals surface area (Å²) in [6.07, 6.45) is 5.68. The van der Waals surface area contributed by atoms with E-state index in [0.29, 0.717) is 5.78 Å². The van der Waals surface area contributed by atoms with E-state index >= 15 is 0 Å². The molecule has 0 spiro atoms. The second-order valence-electron chi connectivity index (χ2n) is 4.19. The molecule has 1 heteroatoms. The van der Waals surface area contributed by atoms with Crippen molar-refractivity contribution >= 4 is 5.78 Å². The predicted molar refractivity (Wildman–Crippen MR) is 55.6 cm³/mol. The summed E-state index contributed by atoms with van der Waals surface area (Å²) in [6, 6.07) is 0. The fraction of sp³-hybridized carbons (Fsp3) is 0.750. The summed E-state index contributed by atoms with van der Waals surface area (Å²) < 4.78 is 0. The number of carbonyl (C=O) groups excluding carboxylic acids is 1. The Morgan fingerprint density at radius 1 is 1.38 bits per heavy atom. The predicted octanol–water partition coefficient (Wildman–Crippen LogP) is 3.49. The SMILES string of the molecule is CCCCCC1=C(C)CC(C)C1=O. The molecule has 0 N–H and O–H groups in total. The minimum atomic E-state index is 0.261. The summed E-state index contributed by atoms with van der Waals surface area (Å²) in [7, 11) is 0. The van der Waals surface area contributed by atoms with E-state index in [2.05, 4.69) is 13.8 Å². The average Bonchev–Trinajstić information content (AvgIpc) is 2.32. The standard InChI is InChI=1S/C12H20O/c1-4-5-6-7-11-9(2)8-10(3)12(11)13/h10H,4-8H2,1-3H3. The summed E-state index contributed by atoms with van der Waals surface area (Å²) in [5.74, 6) is 0.672. The zero-order valence-corrected chi connectivity index (χ0v) is 9.02. The average molecular weight is 180 g/mol. The van der Waals surface area contributed by atoms with Gasteiger partial charge in [0, 0.05) is 5.92 Å². The van der Waals surface area contributed by atoms with E-state index in [0.717, 1.165) is 18.4 Å². The molecule has 74 valence electrons. The highest BCUT2D eigenvalue weighted by Gasteiger charge is 2.26. The van der Waals surface area contributed by atoms with Gasteiger partial charge in [-0.15, -0.1) is 0 Å². The Morgan fingerprint density at radius 2 is 2.08 bits per heavy atom. The van der Waals surface area contributed by atoms with Gasteiger partial charge in [0.15, 0.2) is 5.78 Å². The van der Waals surface area contributed by atoms with Crippen LogP contribution in [0.25, 0.3) is 0 Å². The van der Waals surface area contributed by atoms with Crippen LogP contribution in [0.5, 0.6) is 0 Å². The van der Waals surface area contributed by atoms with Gasteiger partial charge in [0.05, 0.1) is 0 Å². The van der Waals surface area contributed by atoms with Gasteiger partial charge in [-0.1, -0.05) is 32.3 Å². The highest BCUT2D eigenvalue weighted by molar-refractivity contribution is 6.00. The lowest BCUT2D eigenvalue weighted by atomic mass is 10.0. The van der Waals surface area contributed by atoms with Crippen molar-refractivity contribution in [2.24, 2.45) is 5.92 Å². The van der Waals surface area contributed by atoms with E-state index in [1.807, 2.05) is 6.92 Å². The first kappa shape index (κ1) is 10.5. The highest BCUT2D eigenvalue weighted by atomic mass is 16.1. The van der Waals surface area contributed by atoms with Crippen molar-refractivity contribution in [1.82, 2.24) is 0 Å². The highest BCUT2D eigenvalue weighted by Crippen LogP contribution is 2.30. The summed E-state index contributed by atoms with van der Waals surface area (Å²) in [4.78, 5) is 11.7. The molecular formula is C12H20O. The molecule has 0 saturated heterocycles. The molecule has 0 heterocycles. The molecule has 1 aliphatic carbocycles. The molecule has 1 aliphatic rings. The third-order valence-electron chi connectivity index (χ3n) is 2.90. The van der Waals surface area contributed by atoms with Crippen molar-refractivity contribution in [2.45, 2.75) is 52.9 Å². The van der Waals surface area contributed by atoms with E-state index in [9.17, 15) is 4.79 Å². The Balaban J connectivity index is 2.48. The van der Waals surface area contributed by atoms with Crippen molar-refractivity contribution < 1.29 is 4.79 Å². The molecular weight excluding hydrogens is 160 g/mol. The molecule has 0 bridgehead atoms. The molecule has 13 heavy (non-hydrogen) atoms. The van der Waals surface area contributed by atoms with Crippen LogP contribution in [0.1, 0.15) is 52.9 Å². The monoisotopic (exact) mass is 180 g/mol. The van der Waals surface area contributed by atoms with Crippen LogP contribution in [0.15, 0.2) is 11.1 Å². The van der Waals surface area contributed by atoms with Crippen LogP contribution in [0.2, 0.25) is 0 Å². The van der Waals surface area contributed by atoms with Crippen molar-refractivity contribution in [3.05, 3.63) is 11.1 Å². The first-order chi connectivity index (χ1) is 6.16. The molecule has 1 unspecified atom stereocenters. The van der Waals surface area contributed by atoms with Gasteiger partial charge in [-0.05, 0) is 31.8 Å². The maximum absolute atomic E-state index is 11.7. The van der Waals surface area contributed by atoms with E-state index in [-0.39, 0.29) is 5.92 Å². The number of carbonyl (C=O) groups is 1. The topological polar surface area (TPSA) is 17.1 Å². The van der Waals surface area contributed by atoms with Gasteiger partial charge < -0.3 is 0 Å². The van der Waals surface area contributed by atoms with Gasteiger partial charge in [0.1, 0.15) is 0 Å². The number of hydrogen-bond donors (Lipinski definition) is 0. The normalized spacial score (nSPS) is 23.0. The fourth-order valence-electron chi connectivity index (χ4n) is 2.07. The van der Waals surface area contributed by atoms with Crippen LogP contribution in [0.3, 0.4) is 0 Å². The number of Topliss-reactive ketones (excluding diaryl/α,β-unsaturated/α-hetero) is 1.